The molecule has 3 aliphatic rings. The van der Waals surface area contributed by atoms with Crippen LogP contribution in [0, 0.1) is 0 Å². The number of carbonyl (C=O) groups excluding carboxylic acids is 1. The van der Waals surface area contributed by atoms with Gasteiger partial charge in [0.15, 0.2) is 18.9 Å². The van der Waals surface area contributed by atoms with Gasteiger partial charge in [-0.15, -0.1) is 0 Å². The van der Waals surface area contributed by atoms with Crippen molar-refractivity contribution < 1.29 is 89.4 Å². The number of nitrogens with one attached hydrogen (secondary N) is 1. The van der Waals surface area contributed by atoms with Crippen molar-refractivity contribution in [2.24, 2.45) is 0 Å². The van der Waals surface area contributed by atoms with E-state index in [9.17, 15) is 61.0 Å². The van der Waals surface area contributed by atoms with E-state index in [-0.39, 0.29) is 18.9 Å². The molecular formula is C74H135NO18. The average molecular weight is 1330 g/mol. The number of aliphatic hydroxyl groups is 11. The van der Waals surface area contributed by atoms with Crippen molar-refractivity contribution in [3.05, 3.63) is 48.6 Å². The zero-order valence-electron chi connectivity index (χ0n) is 57.7. The highest BCUT2D eigenvalue weighted by Gasteiger charge is 2.53. The molecule has 0 saturated carbocycles. The molecule has 19 heteroatoms. The number of aliphatic hydroxyl groups excluding tert-OH is 11. The van der Waals surface area contributed by atoms with Crippen LogP contribution in [0.15, 0.2) is 48.6 Å². The van der Waals surface area contributed by atoms with Crippen LogP contribution in [0.2, 0.25) is 0 Å². The topological polar surface area (TPSA) is 307 Å². The number of allylic oxidation sites excluding steroid dienone is 7. The van der Waals surface area contributed by atoms with Gasteiger partial charge in [0.2, 0.25) is 5.91 Å². The third kappa shape index (κ3) is 37.0. The Morgan fingerprint density at radius 1 is 0.376 bits per heavy atom. The fraction of sp³-hybridized carbons (Fsp3) is 0.878. The molecule has 3 fully saturated rings. The van der Waals surface area contributed by atoms with Crippen LogP contribution < -0.4 is 5.32 Å². The van der Waals surface area contributed by atoms with Gasteiger partial charge in [-0.3, -0.25) is 4.79 Å². The van der Waals surface area contributed by atoms with Gasteiger partial charge in [0.25, 0.3) is 0 Å². The van der Waals surface area contributed by atoms with E-state index in [0.29, 0.717) is 12.8 Å². The van der Waals surface area contributed by atoms with Crippen LogP contribution in [-0.2, 0) is 33.2 Å². The average Bonchev–Trinajstić information content (AvgIpc) is 0.814. The van der Waals surface area contributed by atoms with Gasteiger partial charge in [0, 0.05) is 6.42 Å². The van der Waals surface area contributed by atoms with Crippen LogP contribution in [0.3, 0.4) is 0 Å². The van der Waals surface area contributed by atoms with Gasteiger partial charge in [0.1, 0.15) is 73.2 Å². The lowest BCUT2D eigenvalue weighted by atomic mass is 9.96. The molecule has 3 heterocycles. The predicted octanol–water partition coefficient (Wildman–Crippen LogP) is 10.9. The smallest absolute Gasteiger partial charge is 0.220 e. The van der Waals surface area contributed by atoms with Crippen molar-refractivity contribution >= 4 is 5.91 Å². The minimum atomic E-state index is -1.98. The van der Waals surface area contributed by atoms with Crippen LogP contribution in [-0.4, -0.2) is 193 Å². The second kappa shape index (κ2) is 55.6. The third-order valence-corrected chi connectivity index (χ3v) is 18.6. The summed E-state index contributed by atoms with van der Waals surface area (Å²) in [6.45, 7) is 1.74. The van der Waals surface area contributed by atoms with Crippen molar-refractivity contribution in [3.8, 4) is 0 Å². The maximum absolute atomic E-state index is 13.4. The first kappa shape index (κ1) is 85.0. The molecule has 0 aliphatic carbocycles. The molecule has 0 aromatic carbocycles. The number of carbonyl (C=O) groups is 1. The summed E-state index contributed by atoms with van der Waals surface area (Å²) in [7, 11) is 0. The molecule has 17 unspecified atom stereocenters. The van der Waals surface area contributed by atoms with Crippen molar-refractivity contribution in [2.75, 3.05) is 26.4 Å². The highest BCUT2D eigenvalue weighted by atomic mass is 16.8. The second-order valence-electron chi connectivity index (χ2n) is 26.7. The largest absolute Gasteiger partial charge is 0.394 e. The van der Waals surface area contributed by atoms with E-state index in [1.807, 2.05) is 6.08 Å². The van der Waals surface area contributed by atoms with Gasteiger partial charge < -0.3 is 89.9 Å². The molecule has 3 aliphatic heterocycles. The normalized spacial score (nSPS) is 27.8. The second-order valence-corrected chi connectivity index (χ2v) is 26.7. The quantitative estimate of drug-likeness (QED) is 0.0199. The zero-order chi connectivity index (χ0) is 67.5. The highest BCUT2D eigenvalue weighted by molar-refractivity contribution is 5.76. The number of amides is 1. The minimum Gasteiger partial charge on any atom is -0.394 e. The molecule has 0 spiro atoms. The van der Waals surface area contributed by atoms with Gasteiger partial charge in [-0.1, -0.05) is 255 Å². The predicted molar refractivity (Wildman–Crippen MR) is 365 cm³/mol. The molecule has 1 amide bonds. The van der Waals surface area contributed by atoms with Crippen molar-refractivity contribution in [1.82, 2.24) is 5.32 Å². The summed E-state index contributed by atoms with van der Waals surface area (Å²) in [5, 5.41) is 121. The fourth-order valence-electron chi connectivity index (χ4n) is 12.5. The Bertz CT molecular complexity index is 1870. The number of hydrogen-bond acceptors (Lipinski definition) is 18. The molecule has 544 valence electrons. The molecule has 3 saturated heterocycles. The SMILES string of the molecule is CCCCCCCCCC/C=C\CCCCCCCCCCCCCC(=O)NC(COC1OC(CO)C(OC2OC(CO)C(OC3OC(CO)C(O)C(O)C3O)C(O)C2O)C(O)C1O)C(O)/C=C/CC/C=C/CC/C=C/CCCCCCCCCCCCCCCCC. The standard InChI is InChI=1S/C74H135NO18/c1-3-5-7-9-11-13-15-17-19-21-23-25-27-28-30-31-33-35-37-39-41-43-45-47-49-51-58(79)57(75-62(80)52-50-48-46-44-42-40-38-36-34-32-29-26-24-22-20-18-16-14-12-10-8-6-4-2)56-88-72-68(86)65(83)70(60(54-77)90-72)93-74-69(87)66(84)71(61(55-78)91-74)92-73-67(85)64(82)63(81)59(53-76)89-73/h22,24,33,35,41,43,49,51,57-61,63-74,76-79,81-87H,3-21,23,25-32,34,36-40,42,44-48,50,52-56H2,1-2H3,(H,75,80)/b24-22-,35-33+,43-41+,51-49+. The van der Waals surface area contributed by atoms with E-state index < -0.39 is 124 Å². The first-order chi connectivity index (χ1) is 45.3. The van der Waals surface area contributed by atoms with Gasteiger partial charge in [-0.2, -0.15) is 0 Å². The summed E-state index contributed by atoms with van der Waals surface area (Å²) in [5.41, 5.74) is 0. The molecule has 3 rings (SSSR count). The van der Waals surface area contributed by atoms with E-state index in [0.717, 1.165) is 44.9 Å². The summed E-state index contributed by atoms with van der Waals surface area (Å²) in [6, 6.07) is -0.998. The molecule has 0 aromatic heterocycles. The van der Waals surface area contributed by atoms with E-state index in [1.54, 1.807) is 6.08 Å². The Kier molecular flexibility index (Phi) is 50.8. The van der Waals surface area contributed by atoms with E-state index >= 15 is 0 Å². The highest BCUT2D eigenvalue weighted by Crippen LogP contribution is 2.33. The summed E-state index contributed by atoms with van der Waals surface area (Å²) in [5.74, 6) is -0.288. The van der Waals surface area contributed by atoms with Gasteiger partial charge in [-0.05, 0) is 70.6 Å². The maximum Gasteiger partial charge on any atom is 0.220 e. The van der Waals surface area contributed by atoms with Crippen LogP contribution >= 0.6 is 0 Å². The van der Waals surface area contributed by atoms with Crippen LogP contribution in [0.1, 0.15) is 284 Å². The van der Waals surface area contributed by atoms with E-state index in [1.165, 1.54) is 205 Å². The van der Waals surface area contributed by atoms with Gasteiger partial charge in [0.05, 0.1) is 38.6 Å². The Morgan fingerprint density at radius 3 is 1.08 bits per heavy atom. The van der Waals surface area contributed by atoms with Crippen molar-refractivity contribution in [3.63, 3.8) is 0 Å². The Labute approximate surface area is 561 Å². The molecule has 0 radical (unpaired) electrons. The number of hydrogen-bond donors (Lipinski definition) is 12. The molecule has 0 bridgehead atoms. The number of ether oxygens (including phenoxy) is 6. The van der Waals surface area contributed by atoms with Gasteiger partial charge in [-0.25, -0.2) is 0 Å². The molecule has 0 aromatic rings. The molecule has 12 N–H and O–H groups in total. The molecular weight excluding hydrogens is 1190 g/mol. The molecule has 17 atom stereocenters. The molecule has 93 heavy (non-hydrogen) atoms. The van der Waals surface area contributed by atoms with E-state index in [2.05, 4.69) is 55.6 Å². The Hall–Kier alpha value is -2.25. The number of unbranched alkanes of at least 4 members (excludes halogenated alkanes) is 36. The summed E-state index contributed by atoms with van der Waals surface area (Å²) >= 11 is 0. The lowest BCUT2D eigenvalue weighted by Crippen LogP contribution is -2.66. The lowest BCUT2D eigenvalue weighted by Gasteiger charge is -2.48. The first-order valence-electron chi connectivity index (χ1n) is 37.4. The summed E-state index contributed by atoms with van der Waals surface area (Å²) in [4.78, 5) is 13.4. The summed E-state index contributed by atoms with van der Waals surface area (Å²) in [6.07, 6.45) is 40.9. The Balaban J connectivity index is 1.44. The zero-order valence-corrected chi connectivity index (χ0v) is 57.7. The molecule has 19 nitrogen and oxygen atoms in total. The number of rotatable bonds is 58. The minimum absolute atomic E-state index is 0.231. The third-order valence-electron chi connectivity index (χ3n) is 18.6. The van der Waals surface area contributed by atoms with Crippen molar-refractivity contribution in [2.45, 2.75) is 388 Å². The monoisotopic (exact) mass is 1330 g/mol. The lowest BCUT2D eigenvalue weighted by molar-refractivity contribution is -0.379. The fourth-order valence-corrected chi connectivity index (χ4v) is 12.5. The maximum atomic E-state index is 13.4. The first-order valence-corrected chi connectivity index (χ1v) is 37.4. The van der Waals surface area contributed by atoms with Crippen molar-refractivity contribution in [1.29, 1.82) is 0 Å². The van der Waals surface area contributed by atoms with Gasteiger partial charge >= 0.3 is 0 Å². The van der Waals surface area contributed by atoms with E-state index in [4.69, 9.17) is 28.4 Å². The van der Waals surface area contributed by atoms with Crippen LogP contribution in [0.4, 0.5) is 0 Å². The Morgan fingerprint density at radius 2 is 0.688 bits per heavy atom. The van der Waals surface area contributed by atoms with Crippen LogP contribution in [0.25, 0.3) is 0 Å². The van der Waals surface area contributed by atoms with Crippen LogP contribution in [0.5, 0.6) is 0 Å². The summed E-state index contributed by atoms with van der Waals surface area (Å²) < 4.78 is 34.4.